The summed E-state index contributed by atoms with van der Waals surface area (Å²) in [5.74, 6) is 1.12. The third kappa shape index (κ3) is 18.4. The molecule has 412 valence electrons. The van der Waals surface area contributed by atoms with Gasteiger partial charge in [-0.15, -0.1) is 0 Å². The lowest BCUT2D eigenvalue weighted by molar-refractivity contribution is -0.130. The Balaban J connectivity index is 0.000000232. The maximum absolute atomic E-state index is 13.0. The first kappa shape index (κ1) is 57.9. The average molecular weight is 1070 g/mol. The summed E-state index contributed by atoms with van der Waals surface area (Å²) in [7, 11) is 6.84. The van der Waals surface area contributed by atoms with E-state index >= 15 is 0 Å². The number of carbonyl (C=O) groups is 3. The Bertz CT molecular complexity index is 3050. The third-order valence-electron chi connectivity index (χ3n) is 12.9. The van der Waals surface area contributed by atoms with E-state index in [1.165, 1.54) is 42.4 Å². The van der Waals surface area contributed by atoms with Gasteiger partial charge in [-0.2, -0.15) is 9.97 Å². The smallest absolute Gasteiger partial charge is 0.410 e. The van der Waals surface area contributed by atoms with Crippen molar-refractivity contribution < 1.29 is 19.1 Å². The minimum absolute atomic E-state index is 0.0930. The highest BCUT2D eigenvalue weighted by Gasteiger charge is 2.27. The lowest BCUT2D eigenvalue weighted by Crippen LogP contribution is -2.49. The summed E-state index contributed by atoms with van der Waals surface area (Å²) in [6, 6.07) is 29.5. The summed E-state index contributed by atoms with van der Waals surface area (Å²) in [6.45, 7) is 26.6. The number of benzene rings is 4. The van der Waals surface area contributed by atoms with Gasteiger partial charge in [0, 0.05) is 91.7 Å². The van der Waals surface area contributed by atoms with E-state index in [4.69, 9.17) is 17.9 Å². The molecule has 0 saturated carbocycles. The van der Waals surface area contributed by atoms with E-state index in [-0.39, 0.29) is 23.9 Å². The molecule has 2 aromatic heterocycles. The number of anilines is 6. The molecule has 2 atom stereocenters. The molecule has 3 amide bonds. The van der Waals surface area contributed by atoms with Gasteiger partial charge in [0.05, 0.1) is 13.1 Å². The Morgan fingerprint density at radius 1 is 0.570 bits per heavy atom. The summed E-state index contributed by atoms with van der Waals surface area (Å²) >= 11 is 0. The van der Waals surface area contributed by atoms with Gasteiger partial charge in [-0.1, -0.05) is 79.2 Å². The van der Waals surface area contributed by atoms with Gasteiger partial charge < -0.3 is 40.7 Å². The first-order valence-corrected chi connectivity index (χ1v) is 26.4. The highest BCUT2D eigenvalue weighted by Crippen LogP contribution is 2.23. The predicted molar refractivity (Wildman–Crippen MR) is 306 cm³/mol. The predicted octanol–water partition coefficient (Wildman–Crippen LogP) is 8.59. The van der Waals surface area contributed by atoms with Crippen LogP contribution in [-0.4, -0.2) is 157 Å². The van der Waals surface area contributed by atoms with E-state index in [0.717, 1.165) is 67.3 Å². The molecule has 2 fully saturated rings. The lowest BCUT2D eigenvalue weighted by atomic mass is 10.0. The molecule has 0 radical (unpaired) electrons. The van der Waals surface area contributed by atoms with Crippen LogP contribution in [0.25, 0.3) is 9.69 Å². The zero-order valence-electron chi connectivity index (χ0n) is 46.2. The van der Waals surface area contributed by atoms with E-state index in [2.05, 4.69) is 88.9 Å². The number of nitrogens with one attached hydrogen (secondary N) is 4. The Kier molecular flexibility index (Phi) is 20.5. The van der Waals surface area contributed by atoms with E-state index in [1.807, 2.05) is 75.4 Å². The molecule has 21 heteroatoms. The average Bonchev–Trinajstić information content (AvgIpc) is 3.44. The van der Waals surface area contributed by atoms with Crippen molar-refractivity contribution in [1.29, 1.82) is 0 Å². The molecular formula is C58H71N17O4. The van der Waals surface area contributed by atoms with Gasteiger partial charge in [0.1, 0.15) is 30.3 Å². The maximum atomic E-state index is 13.0. The molecular weight excluding hydrogens is 999 g/mol. The molecule has 0 bridgehead atoms. The van der Waals surface area contributed by atoms with Gasteiger partial charge in [0.2, 0.25) is 35.6 Å². The standard InChI is InChI=1S/C31H39N9O3.C27H32N8O/c1-31(2,3)43-30(42)40-16-14-39(15-17-40)20-23-8-7-9-25(18-23)35-28-33-21-34-29(37-28)36-26(27(41)38(5)6)19-22-10-12-24(32-4)13-11-22;1-28-22-12-10-20(11-13-22)17-24(25(36)34(2)3)32-27-30-19-29-26(33-27)31-23-9-7-8-21(16-23)18-35-14-5-4-6-15-35/h7-13,18,21,26H,14-17,19-20H2,1-3,5-6H3,(H2,33,34,35,36,37);7-13,16,19,24H,4-6,14-15,17-18H2,2-3H3,(H2,29,30,31,32,33)/t26-;24-/m00/s1. The van der Waals surface area contributed by atoms with Crippen LogP contribution in [0.1, 0.15) is 62.3 Å². The monoisotopic (exact) mass is 1070 g/mol. The zero-order chi connectivity index (χ0) is 56.3. The molecule has 0 spiro atoms. The molecule has 2 saturated heterocycles. The van der Waals surface area contributed by atoms with Gasteiger partial charge in [-0.25, -0.2) is 34.4 Å². The number of amides is 3. The molecule has 2 aliphatic rings. The van der Waals surface area contributed by atoms with Crippen molar-refractivity contribution in [1.82, 2.24) is 54.4 Å². The van der Waals surface area contributed by atoms with Gasteiger partial charge in [-0.05, 0) is 93.2 Å². The fraction of sp³-hybridized carbons (Fsp3) is 0.397. The van der Waals surface area contributed by atoms with Crippen LogP contribution in [0.15, 0.2) is 110 Å². The van der Waals surface area contributed by atoms with Crippen LogP contribution < -0.4 is 21.3 Å². The minimum Gasteiger partial charge on any atom is -0.444 e. The number of likely N-dealkylation sites (N-methyl/N-ethyl adjacent to an activating group) is 2. The number of hydrogen-bond donors (Lipinski definition) is 4. The van der Waals surface area contributed by atoms with E-state index < -0.39 is 17.7 Å². The number of hydrogen-bond acceptors (Lipinski definition) is 16. The molecule has 8 rings (SSSR count). The first-order valence-electron chi connectivity index (χ1n) is 26.4. The summed E-state index contributed by atoms with van der Waals surface area (Å²) < 4.78 is 5.50. The summed E-state index contributed by atoms with van der Waals surface area (Å²) in [5, 5.41) is 12.8. The molecule has 4 aromatic carbocycles. The fourth-order valence-electron chi connectivity index (χ4n) is 8.87. The van der Waals surface area contributed by atoms with E-state index in [0.29, 0.717) is 55.2 Å². The Hall–Kier alpha value is -8.79. The lowest BCUT2D eigenvalue weighted by Gasteiger charge is -2.35. The number of nitrogens with zero attached hydrogens (tertiary/aromatic N) is 13. The number of piperazine rings is 1. The molecule has 6 aromatic rings. The Labute approximate surface area is 463 Å². The van der Waals surface area contributed by atoms with Gasteiger partial charge >= 0.3 is 6.09 Å². The number of aromatic nitrogens is 6. The summed E-state index contributed by atoms with van der Waals surface area (Å²) in [4.78, 5) is 80.7. The van der Waals surface area contributed by atoms with Crippen molar-refractivity contribution in [3.05, 3.63) is 155 Å². The Morgan fingerprint density at radius 2 is 0.987 bits per heavy atom. The zero-order valence-corrected chi connectivity index (χ0v) is 46.2. The van der Waals surface area contributed by atoms with Gasteiger partial charge in [-0.3, -0.25) is 19.4 Å². The third-order valence-corrected chi connectivity index (χ3v) is 12.9. The SMILES string of the molecule is [C-]#[N+]c1ccc(C[C@H](Nc2ncnc(Nc3cccc(CN4CCCCC4)c3)n2)C(=O)N(C)C)cc1.[C-]#[N+]c1ccc(C[C@H](Nc2ncnc(Nc3cccc(CN4CCN(C(=O)OC(C)(C)C)CC4)c3)n2)C(=O)N(C)C)cc1. The fourth-order valence-corrected chi connectivity index (χ4v) is 8.87. The van der Waals surface area contributed by atoms with Crippen LogP contribution in [-0.2, 0) is 40.3 Å². The first-order chi connectivity index (χ1) is 38.0. The second kappa shape index (κ2) is 28.0. The van der Waals surface area contributed by atoms with Crippen LogP contribution in [0, 0.1) is 13.1 Å². The molecule has 79 heavy (non-hydrogen) atoms. The van der Waals surface area contributed by atoms with Crippen molar-refractivity contribution >= 4 is 64.5 Å². The summed E-state index contributed by atoms with van der Waals surface area (Å²) in [6.07, 6.45) is 7.25. The quantitative estimate of drug-likeness (QED) is 0.0594. The molecule has 0 aliphatic carbocycles. The van der Waals surface area contributed by atoms with Gasteiger partial charge in [0.25, 0.3) is 0 Å². The topological polar surface area (TPSA) is 211 Å². The van der Waals surface area contributed by atoms with Crippen LogP contribution in [0.2, 0.25) is 0 Å². The van der Waals surface area contributed by atoms with E-state index in [9.17, 15) is 14.4 Å². The van der Waals surface area contributed by atoms with Crippen molar-refractivity contribution in [3.63, 3.8) is 0 Å². The van der Waals surface area contributed by atoms with Crippen molar-refractivity contribution in [2.45, 2.75) is 83.6 Å². The number of piperidine rings is 1. The van der Waals surface area contributed by atoms with Crippen LogP contribution in [0.3, 0.4) is 0 Å². The second-order valence-corrected chi connectivity index (χ2v) is 20.8. The molecule has 2 aliphatic heterocycles. The molecule has 21 nitrogen and oxygen atoms in total. The second-order valence-electron chi connectivity index (χ2n) is 20.8. The highest BCUT2D eigenvalue weighted by molar-refractivity contribution is 5.85. The van der Waals surface area contributed by atoms with Crippen LogP contribution >= 0.6 is 0 Å². The van der Waals surface area contributed by atoms with Gasteiger partial charge in [0.15, 0.2) is 11.4 Å². The maximum Gasteiger partial charge on any atom is 0.410 e. The molecule has 4 heterocycles. The molecule has 4 N–H and O–H groups in total. The van der Waals surface area contributed by atoms with Crippen molar-refractivity contribution in [2.75, 3.05) is 88.7 Å². The summed E-state index contributed by atoms with van der Waals surface area (Å²) in [5.41, 5.74) is 6.55. The van der Waals surface area contributed by atoms with E-state index in [1.54, 1.807) is 62.3 Å². The number of rotatable bonds is 18. The number of ether oxygens (including phenoxy) is 1. The largest absolute Gasteiger partial charge is 0.444 e. The normalized spacial score (nSPS) is 14.4. The number of carbonyl (C=O) groups excluding carboxylic acids is 3. The van der Waals surface area contributed by atoms with Crippen LogP contribution in [0.5, 0.6) is 0 Å². The van der Waals surface area contributed by atoms with Crippen molar-refractivity contribution in [2.24, 2.45) is 0 Å². The molecule has 0 unspecified atom stereocenters. The Morgan fingerprint density at radius 3 is 1.39 bits per heavy atom. The number of likely N-dealkylation sites (tertiary alicyclic amines) is 1. The highest BCUT2D eigenvalue weighted by atomic mass is 16.6. The van der Waals surface area contributed by atoms with Crippen molar-refractivity contribution in [3.8, 4) is 0 Å². The minimum atomic E-state index is -0.608. The van der Waals surface area contributed by atoms with Crippen LogP contribution in [0.4, 0.5) is 51.3 Å².